The van der Waals surface area contributed by atoms with Crippen LogP contribution in [0.3, 0.4) is 0 Å². The second-order valence-corrected chi connectivity index (χ2v) is 22.8. The molecule has 0 aliphatic carbocycles. The summed E-state index contributed by atoms with van der Waals surface area (Å²) in [6, 6.07) is -3.48. The van der Waals surface area contributed by atoms with Crippen LogP contribution >= 0.6 is 44.2 Å². The molecule has 1 unspecified atom stereocenters. The maximum Gasteiger partial charge on any atom is 0.246 e. The Labute approximate surface area is 467 Å². The van der Waals surface area contributed by atoms with Gasteiger partial charge in [-0.1, -0.05) is 60.1 Å². The smallest absolute Gasteiger partial charge is 0.246 e. The summed E-state index contributed by atoms with van der Waals surface area (Å²) in [6.45, 7) is 6.35. The van der Waals surface area contributed by atoms with Crippen molar-refractivity contribution in [3.63, 3.8) is 0 Å². The van der Waals surface area contributed by atoms with Crippen LogP contribution in [0.15, 0.2) is 36.4 Å². The largest absolute Gasteiger partial charge is 0.508 e. The van der Waals surface area contributed by atoms with Crippen LogP contribution in [0.25, 0.3) is 0 Å². The van der Waals surface area contributed by atoms with Crippen molar-refractivity contribution < 1.29 is 63.3 Å². The highest BCUT2D eigenvalue weighted by Gasteiger charge is 2.41. The maximum absolute atomic E-state index is 14.7. The normalized spacial score (nSPS) is 23.8. The fraction of sp³-hybridized carbons (Fsp3) is 0.551. The molecule has 4 rings (SSSR count). The third kappa shape index (κ3) is 18.9. The number of nitrogens with two attached hydrogens (primary N) is 4. The van der Waals surface area contributed by atoms with Gasteiger partial charge in [0.05, 0.1) is 22.1 Å². The molecule has 424 valence electrons. The molecule has 2 aromatic rings. The third-order valence-electron chi connectivity index (χ3n) is 13.0. The van der Waals surface area contributed by atoms with Gasteiger partial charge in [-0.05, 0) is 109 Å². The first kappa shape index (κ1) is 63.6. The summed E-state index contributed by atoms with van der Waals surface area (Å²) < 4.78 is 0.498. The summed E-state index contributed by atoms with van der Waals surface area (Å²) in [5, 5.41) is 48.9. The number of aromatic hydroxyl groups is 2. The van der Waals surface area contributed by atoms with Crippen molar-refractivity contribution in [2.45, 2.75) is 140 Å². The number of hydrogen-bond acceptors (Lipinski definition) is 17. The van der Waals surface area contributed by atoms with Crippen molar-refractivity contribution in [3.8, 4) is 11.5 Å². The van der Waals surface area contributed by atoms with Crippen LogP contribution in [0.2, 0.25) is 0 Å². The van der Waals surface area contributed by atoms with E-state index in [0.717, 1.165) is 21.6 Å². The number of nitrogens with zero attached hydrogens (tertiary/aromatic N) is 1. The van der Waals surface area contributed by atoms with Crippen LogP contribution in [-0.2, 0) is 60.8 Å². The summed E-state index contributed by atoms with van der Waals surface area (Å²) in [5.41, 5.74) is 24.9. The van der Waals surface area contributed by atoms with Crippen molar-refractivity contribution in [3.05, 3.63) is 56.7 Å². The third-order valence-corrected chi connectivity index (χ3v) is 16.3. The fourth-order valence-corrected chi connectivity index (χ4v) is 11.2. The molecular weight excluding hydrogens is 1150 g/mol. The van der Waals surface area contributed by atoms with E-state index in [1.807, 2.05) is 22.6 Å². The van der Waals surface area contributed by atoms with Gasteiger partial charge in [-0.15, -0.1) is 0 Å². The number of primary amides is 2. The van der Waals surface area contributed by atoms with Gasteiger partial charge in [-0.25, -0.2) is 0 Å². The number of rotatable bonds is 18. The topological polar surface area (TPSA) is 423 Å². The Hall–Kier alpha value is -5.95. The average molecular weight is 1230 g/mol. The number of benzene rings is 2. The van der Waals surface area contributed by atoms with Gasteiger partial charge in [-0.3, -0.25) is 47.9 Å². The van der Waals surface area contributed by atoms with Crippen LogP contribution in [0.4, 0.5) is 0 Å². The first-order chi connectivity index (χ1) is 36.3. The van der Waals surface area contributed by atoms with Crippen LogP contribution in [-0.4, -0.2) is 164 Å². The van der Waals surface area contributed by atoms with Crippen molar-refractivity contribution in [2.24, 2.45) is 28.9 Å². The number of carbonyl (C=O) groups is 10. The number of nitrogens with one attached hydrogen (secondary N) is 7. The van der Waals surface area contributed by atoms with Crippen LogP contribution in [0, 0.1) is 16.4 Å². The number of amides is 10. The summed E-state index contributed by atoms with van der Waals surface area (Å²) >= 11 is 1.91. The van der Waals surface area contributed by atoms with Crippen molar-refractivity contribution in [1.29, 1.82) is 0 Å². The molecule has 2 aliphatic heterocycles. The number of halogens is 1. The number of carbonyl (C=O) groups excluding carboxylic acids is 10. The predicted octanol–water partition coefficient (Wildman–Crippen LogP) is -2.57. The maximum atomic E-state index is 14.7. The van der Waals surface area contributed by atoms with Crippen molar-refractivity contribution >= 4 is 103 Å². The van der Waals surface area contributed by atoms with Gasteiger partial charge in [0.25, 0.3) is 0 Å². The zero-order valence-corrected chi connectivity index (χ0v) is 47.0. The number of aliphatic hydroxyl groups is 1. The van der Waals surface area contributed by atoms with Crippen molar-refractivity contribution in [2.75, 3.05) is 24.6 Å². The van der Waals surface area contributed by atoms with Crippen LogP contribution in [0.5, 0.6) is 11.5 Å². The van der Waals surface area contributed by atoms with E-state index in [0.29, 0.717) is 33.1 Å². The molecule has 2 fully saturated rings. The van der Waals surface area contributed by atoms with Gasteiger partial charge < -0.3 is 80.4 Å². The molecule has 25 nitrogen and oxygen atoms in total. The fourth-order valence-electron chi connectivity index (χ4n) is 8.37. The lowest BCUT2D eigenvalue weighted by molar-refractivity contribution is -0.142. The summed E-state index contributed by atoms with van der Waals surface area (Å²) in [7, 11) is 2.02. The molecule has 0 saturated carbocycles. The summed E-state index contributed by atoms with van der Waals surface area (Å²) in [5.74, 6) is -9.89. The number of phenolic OH excluding ortho intramolecular Hbond substituents is 2. The van der Waals surface area contributed by atoms with Gasteiger partial charge in [0.1, 0.15) is 59.8 Å². The zero-order valence-electron chi connectivity index (χ0n) is 43.2. The Balaban J connectivity index is 1.66. The molecule has 28 heteroatoms. The minimum Gasteiger partial charge on any atom is -0.508 e. The van der Waals surface area contributed by atoms with Crippen molar-refractivity contribution in [1.82, 2.24) is 42.1 Å². The summed E-state index contributed by atoms with van der Waals surface area (Å²) in [4.78, 5) is 139. The SMILES string of the molecule is CC[C@H](C)[C@@H]1NC(=O)[C@H](Cc2ccc(O)c(C)c2)NC(=O)[C@@H](N)CSSC[C@@H](C(=O)N2CCC[C@H]2C(=O)N[C@@H](CCCN)C(=O)N[C@@H](Cc2ccc(O)c([125I])c2)C(N)=O)NC(=O)[C@H](CC(N)=O)NC(=O)C([C@@H](C)O)NC1=O. The molecule has 0 spiro atoms. The molecule has 2 saturated heterocycles. The van der Waals surface area contributed by atoms with Crippen LogP contribution in [0.1, 0.15) is 76.0 Å². The highest BCUT2D eigenvalue weighted by Crippen LogP contribution is 2.27. The number of aryl methyl sites for hydroxylation is 1. The predicted molar refractivity (Wildman–Crippen MR) is 295 cm³/mol. The Morgan fingerprint density at radius 1 is 0.805 bits per heavy atom. The molecule has 0 radical (unpaired) electrons. The lowest BCUT2D eigenvalue weighted by Crippen LogP contribution is -2.63. The molecule has 0 bridgehead atoms. The number of likely N-dealkylation sites (tertiary alicyclic amines) is 1. The van der Waals surface area contributed by atoms with E-state index >= 15 is 0 Å². The van der Waals surface area contributed by atoms with Gasteiger partial charge in [0.2, 0.25) is 59.1 Å². The Morgan fingerprint density at radius 3 is 2.05 bits per heavy atom. The standard InChI is InChI=1S/C49H71IN12O13S2/c1-5-23(2)39-47(73)61-40(25(4)63)48(74)58-33(20-38(53)66)44(70)59-34(22-77-76-21-29(52)42(68)57-32(45(71)60-39)19-26-10-12-36(64)24(3)16-26)49(75)62-15-7-9-35(62)46(72)55-30(8-6-14-51)43(69)56-31(41(54)67)18-27-11-13-37(65)28(50)17-27/h10-13,16-17,23,25,29-35,39-40,63-65H,5-9,14-15,18-22,51-52H2,1-4H3,(H2,53,66)(H2,54,67)(H,55,72)(H,56,69)(H,57,68)(H,58,74)(H,59,70)(H,60,71)(H,61,73)/t23-,25+,29-,30-,31-,32-,33-,34-,35-,39-,40?/m0/s1/i50-2. The molecule has 11 atom stereocenters. The molecule has 18 N–H and O–H groups in total. The molecule has 0 aromatic heterocycles. The van der Waals surface area contributed by atoms with E-state index in [2.05, 4.69) is 37.2 Å². The number of phenols is 2. The minimum atomic E-state index is -1.79. The molecule has 2 aromatic carbocycles. The zero-order chi connectivity index (χ0) is 57.3. The van der Waals surface area contributed by atoms with E-state index in [1.54, 1.807) is 45.0 Å². The number of hydrogen-bond donors (Lipinski definition) is 14. The van der Waals surface area contributed by atoms with E-state index in [9.17, 15) is 63.3 Å². The van der Waals surface area contributed by atoms with Gasteiger partial charge in [0.15, 0.2) is 0 Å². The van der Waals surface area contributed by atoms with E-state index < -0.39 is 132 Å². The molecule has 2 aliphatic rings. The first-order valence-corrected chi connectivity index (χ1v) is 28.6. The average Bonchev–Trinajstić information content (AvgIpc) is 3.87. The van der Waals surface area contributed by atoms with E-state index in [1.165, 1.54) is 24.0 Å². The lowest BCUT2D eigenvalue weighted by Gasteiger charge is -2.31. The second kappa shape index (κ2) is 30.3. The highest BCUT2D eigenvalue weighted by molar-refractivity contribution is 14.1. The minimum absolute atomic E-state index is 0.00357. The van der Waals surface area contributed by atoms with E-state index in [4.69, 9.17) is 22.9 Å². The molecular formula is C49H71IN12O13S2. The molecule has 77 heavy (non-hydrogen) atoms. The van der Waals surface area contributed by atoms with Gasteiger partial charge >= 0.3 is 0 Å². The Kier molecular flexibility index (Phi) is 25.0. The van der Waals surface area contributed by atoms with Crippen LogP contribution < -0.4 is 60.2 Å². The second-order valence-electron chi connectivity index (χ2n) is 19.1. The quantitative estimate of drug-likeness (QED) is 0.0539. The summed E-state index contributed by atoms with van der Waals surface area (Å²) in [6.07, 6.45) is -1.55. The lowest BCUT2D eigenvalue weighted by atomic mass is 9.96. The molecule has 10 amide bonds. The Bertz CT molecular complexity index is 2490. The van der Waals surface area contributed by atoms with Gasteiger partial charge in [-0.2, -0.15) is 0 Å². The monoisotopic (exact) mass is 1220 g/mol. The number of aliphatic hydroxyl groups excluding tert-OH is 1. The first-order valence-electron chi connectivity index (χ1n) is 25.0. The van der Waals surface area contributed by atoms with Gasteiger partial charge in [0, 0.05) is 30.9 Å². The molecule has 2 heterocycles. The highest BCUT2D eigenvalue weighted by atomic mass is 125. The Morgan fingerprint density at radius 2 is 1.43 bits per heavy atom. The van der Waals surface area contributed by atoms with E-state index in [-0.39, 0.29) is 68.2 Å².